The maximum Gasteiger partial charge on any atom is 0.339 e. The van der Waals surface area contributed by atoms with E-state index in [0.717, 1.165) is 33.4 Å². The second-order valence-electron chi connectivity index (χ2n) is 4.75. The van der Waals surface area contributed by atoms with Crippen molar-refractivity contribution in [3.8, 4) is 5.75 Å². The average molecular weight is 246 g/mol. The van der Waals surface area contributed by atoms with Crippen LogP contribution < -0.4 is 10.4 Å². The van der Waals surface area contributed by atoms with Gasteiger partial charge >= 0.3 is 5.63 Å². The van der Waals surface area contributed by atoms with Gasteiger partial charge < -0.3 is 9.15 Å². The van der Waals surface area contributed by atoms with Gasteiger partial charge in [0.05, 0.1) is 7.11 Å². The van der Waals surface area contributed by atoms with Gasteiger partial charge in [0, 0.05) is 16.5 Å². The highest BCUT2D eigenvalue weighted by atomic mass is 16.5. The van der Waals surface area contributed by atoms with Crippen molar-refractivity contribution in [2.75, 3.05) is 7.11 Å². The Balaban J connectivity index is 3.13. The molecular weight excluding hydrogens is 228 g/mol. The van der Waals surface area contributed by atoms with Crippen molar-refractivity contribution in [3.05, 3.63) is 38.2 Å². The van der Waals surface area contributed by atoms with Gasteiger partial charge in [0.15, 0.2) is 0 Å². The number of hydrogen-bond acceptors (Lipinski definition) is 3. The first kappa shape index (κ1) is 12.7. The third-order valence-corrected chi connectivity index (χ3v) is 3.83. The highest BCUT2D eigenvalue weighted by Crippen LogP contribution is 2.35. The van der Waals surface area contributed by atoms with Gasteiger partial charge in [-0.1, -0.05) is 0 Å². The van der Waals surface area contributed by atoms with Crippen molar-refractivity contribution in [2.24, 2.45) is 0 Å². The Morgan fingerprint density at radius 2 is 1.39 bits per heavy atom. The van der Waals surface area contributed by atoms with Gasteiger partial charge in [-0.2, -0.15) is 0 Å². The van der Waals surface area contributed by atoms with Crippen LogP contribution in [0.2, 0.25) is 0 Å². The number of aryl methyl sites for hydroxylation is 3. The Kier molecular flexibility index (Phi) is 2.93. The van der Waals surface area contributed by atoms with Crippen LogP contribution in [-0.2, 0) is 0 Å². The largest absolute Gasteiger partial charge is 0.496 e. The SMILES string of the molecule is COc1c(C)c(C)c2c(C)c(C)c(=O)oc2c1C. The van der Waals surface area contributed by atoms with E-state index in [9.17, 15) is 4.79 Å². The van der Waals surface area contributed by atoms with E-state index in [1.807, 2.05) is 27.7 Å². The van der Waals surface area contributed by atoms with Gasteiger partial charge in [-0.25, -0.2) is 4.79 Å². The van der Waals surface area contributed by atoms with E-state index in [1.54, 1.807) is 14.0 Å². The van der Waals surface area contributed by atoms with Crippen molar-refractivity contribution < 1.29 is 9.15 Å². The first-order valence-corrected chi connectivity index (χ1v) is 5.97. The molecule has 0 spiro atoms. The van der Waals surface area contributed by atoms with Gasteiger partial charge in [0.2, 0.25) is 0 Å². The van der Waals surface area contributed by atoms with Gasteiger partial charge in [0.25, 0.3) is 0 Å². The summed E-state index contributed by atoms with van der Waals surface area (Å²) in [5.74, 6) is 0.798. The molecule has 2 rings (SSSR count). The molecule has 0 N–H and O–H groups in total. The Hall–Kier alpha value is -1.77. The minimum Gasteiger partial charge on any atom is -0.496 e. The molecule has 96 valence electrons. The molecule has 1 aromatic heterocycles. The number of hydrogen-bond donors (Lipinski definition) is 0. The van der Waals surface area contributed by atoms with E-state index < -0.39 is 0 Å². The van der Waals surface area contributed by atoms with E-state index in [1.165, 1.54) is 0 Å². The zero-order valence-corrected chi connectivity index (χ0v) is 11.7. The minimum absolute atomic E-state index is 0.270. The molecule has 0 amide bonds. The van der Waals surface area contributed by atoms with Crippen molar-refractivity contribution in [2.45, 2.75) is 34.6 Å². The fraction of sp³-hybridized carbons (Fsp3) is 0.400. The van der Waals surface area contributed by atoms with E-state index in [2.05, 4.69) is 0 Å². The Labute approximate surface area is 106 Å². The lowest BCUT2D eigenvalue weighted by Crippen LogP contribution is -2.08. The summed E-state index contributed by atoms with van der Waals surface area (Å²) in [6.07, 6.45) is 0. The number of ether oxygens (including phenoxy) is 1. The topological polar surface area (TPSA) is 39.4 Å². The second kappa shape index (κ2) is 4.16. The number of methoxy groups -OCH3 is 1. The van der Waals surface area contributed by atoms with Gasteiger partial charge in [-0.15, -0.1) is 0 Å². The van der Waals surface area contributed by atoms with Crippen LogP contribution >= 0.6 is 0 Å². The summed E-state index contributed by atoms with van der Waals surface area (Å²) in [6, 6.07) is 0. The molecule has 0 aliphatic heterocycles. The number of rotatable bonds is 1. The zero-order valence-electron chi connectivity index (χ0n) is 11.7. The molecule has 3 heteroatoms. The van der Waals surface area contributed by atoms with E-state index in [-0.39, 0.29) is 5.63 Å². The van der Waals surface area contributed by atoms with Gasteiger partial charge in [0.1, 0.15) is 11.3 Å². The Bertz CT molecular complexity index is 693. The summed E-state index contributed by atoms with van der Waals surface area (Å²) >= 11 is 0. The van der Waals surface area contributed by atoms with E-state index >= 15 is 0 Å². The lowest BCUT2D eigenvalue weighted by Gasteiger charge is -2.16. The molecule has 2 aromatic rings. The van der Waals surface area contributed by atoms with Gasteiger partial charge in [-0.3, -0.25) is 0 Å². The molecule has 0 bridgehead atoms. The van der Waals surface area contributed by atoms with Crippen LogP contribution in [0.5, 0.6) is 5.75 Å². The maximum atomic E-state index is 11.8. The quantitative estimate of drug-likeness (QED) is 0.724. The Morgan fingerprint density at radius 1 is 0.833 bits per heavy atom. The first-order chi connectivity index (χ1) is 8.40. The lowest BCUT2D eigenvalue weighted by atomic mass is 9.95. The minimum atomic E-state index is -0.270. The molecule has 0 radical (unpaired) electrons. The average Bonchev–Trinajstić information content (AvgIpc) is 2.34. The lowest BCUT2D eigenvalue weighted by molar-refractivity contribution is 0.407. The summed E-state index contributed by atoms with van der Waals surface area (Å²) in [5, 5.41) is 1.03. The molecule has 0 aliphatic carbocycles. The molecule has 0 saturated carbocycles. The molecular formula is C15H18O3. The summed E-state index contributed by atoms with van der Waals surface area (Å²) in [7, 11) is 1.64. The third-order valence-electron chi connectivity index (χ3n) is 3.83. The number of benzene rings is 1. The second-order valence-corrected chi connectivity index (χ2v) is 4.75. The molecule has 0 unspecified atom stereocenters. The highest BCUT2D eigenvalue weighted by molar-refractivity contribution is 5.90. The molecule has 0 saturated heterocycles. The first-order valence-electron chi connectivity index (χ1n) is 5.97. The summed E-state index contributed by atoms with van der Waals surface area (Å²) in [4.78, 5) is 11.8. The van der Waals surface area contributed by atoms with Crippen molar-refractivity contribution >= 4 is 11.0 Å². The Morgan fingerprint density at radius 3 is 1.94 bits per heavy atom. The monoisotopic (exact) mass is 246 g/mol. The van der Waals surface area contributed by atoms with E-state index in [4.69, 9.17) is 9.15 Å². The molecule has 1 aromatic carbocycles. The summed E-state index contributed by atoms with van der Waals surface area (Å²) < 4.78 is 10.9. The standard InChI is InChI=1S/C15H18O3/c1-7-9(3)13(17-6)11(5)14-12(7)8(2)10(4)15(16)18-14/h1-6H3. The van der Waals surface area contributed by atoms with Crippen LogP contribution in [0.1, 0.15) is 27.8 Å². The molecule has 0 fully saturated rings. The smallest absolute Gasteiger partial charge is 0.339 e. The third kappa shape index (κ3) is 1.54. The van der Waals surface area contributed by atoms with Gasteiger partial charge in [-0.05, 0) is 51.3 Å². The van der Waals surface area contributed by atoms with Crippen LogP contribution in [0.3, 0.4) is 0 Å². The van der Waals surface area contributed by atoms with E-state index in [0.29, 0.717) is 11.1 Å². The highest BCUT2D eigenvalue weighted by Gasteiger charge is 2.18. The molecule has 3 nitrogen and oxygen atoms in total. The zero-order chi connectivity index (χ0) is 13.6. The van der Waals surface area contributed by atoms with Crippen molar-refractivity contribution in [3.63, 3.8) is 0 Å². The molecule has 1 heterocycles. The molecule has 0 atom stereocenters. The van der Waals surface area contributed by atoms with Crippen LogP contribution in [0.4, 0.5) is 0 Å². The van der Waals surface area contributed by atoms with Crippen LogP contribution in [0.15, 0.2) is 9.21 Å². The fourth-order valence-electron chi connectivity index (χ4n) is 2.50. The predicted molar refractivity (Wildman–Crippen MR) is 72.7 cm³/mol. The fourth-order valence-corrected chi connectivity index (χ4v) is 2.50. The maximum absolute atomic E-state index is 11.8. The van der Waals surface area contributed by atoms with Crippen LogP contribution in [0.25, 0.3) is 11.0 Å². The van der Waals surface area contributed by atoms with Crippen LogP contribution in [-0.4, -0.2) is 7.11 Å². The normalized spacial score (nSPS) is 11.0. The molecule has 18 heavy (non-hydrogen) atoms. The van der Waals surface area contributed by atoms with Crippen molar-refractivity contribution in [1.82, 2.24) is 0 Å². The van der Waals surface area contributed by atoms with Crippen molar-refractivity contribution in [1.29, 1.82) is 0 Å². The number of fused-ring (bicyclic) bond motifs is 1. The molecule has 0 aliphatic rings. The summed E-state index contributed by atoms with van der Waals surface area (Å²) in [6.45, 7) is 9.75. The summed E-state index contributed by atoms with van der Waals surface area (Å²) in [5.41, 5.74) is 5.13. The predicted octanol–water partition coefficient (Wildman–Crippen LogP) is 3.34. The van der Waals surface area contributed by atoms with Crippen LogP contribution in [0, 0.1) is 34.6 Å².